The minimum absolute atomic E-state index is 0.0246. The molecule has 140 valence electrons. The molecule has 0 saturated carbocycles. The Balaban J connectivity index is 1.79. The van der Waals surface area contributed by atoms with E-state index in [-0.39, 0.29) is 5.57 Å². The Morgan fingerprint density at radius 1 is 1.18 bits per heavy atom. The molecule has 0 bridgehead atoms. The molecule has 0 saturated heterocycles. The van der Waals surface area contributed by atoms with Crippen LogP contribution in [-0.4, -0.2) is 5.91 Å². The highest BCUT2D eigenvalue weighted by atomic mass is 79.9. The molecule has 0 aliphatic heterocycles. The second kappa shape index (κ2) is 8.73. The number of carbonyl (C=O) groups excluding carboxylic acids is 1. The Morgan fingerprint density at radius 3 is 2.57 bits per heavy atom. The van der Waals surface area contributed by atoms with Gasteiger partial charge in [0.2, 0.25) is 0 Å². The van der Waals surface area contributed by atoms with E-state index in [0.717, 1.165) is 22.0 Å². The molecule has 0 fully saturated rings. The first-order chi connectivity index (χ1) is 13.5. The summed E-state index contributed by atoms with van der Waals surface area (Å²) in [5, 5.41) is 12.1. The lowest BCUT2D eigenvalue weighted by Crippen LogP contribution is -2.13. The van der Waals surface area contributed by atoms with Crippen molar-refractivity contribution in [2.24, 2.45) is 0 Å². The van der Waals surface area contributed by atoms with Crippen LogP contribution in [0.1, 0.15) is 23.8 Å². The van der Waals surface area contributed by atoms with Gasteiger partial charge in [-0.2, -0.15) is 5.26 Å². The summed E-state index contributed by atoms with van der Waals surface area (Å²) in [5.41, 5.74) is 3.84. The van der Waals surface area contributed by atoms with Gasteiger partial charge >= 0.3 is 0 Å². The van der Waals surface area contributed by atoms with Crippen molar-refractivity contribution in [2.45, 2.75) is 20.3 Å². The lowest BCUT2D eigenvalue weighted by atomic mass is 10.1. The van der Waals surface area contributed by atoms with Gasteiger partial charge in [-0.3, -0.25) is 4.79 Å². The number of halogens is 1. The second-order valence-electron chi connectivity index (χ2n) is 6.36. The van der Waals surface area contributed by atoms with E-state index in [1.165, 1.54) is 11.6 Å². The van der Waals surface area contributed by atoms with Crippen molar-refractivity contribution in [3.63, 3.8) is 0 Å². The van der Waals surface area contributed by atoms with Crippen LogP contribution >= 0.6 is 15.9 Å². The molecule has 1 aromatic heterocycles. The van der Waals surface area contributed by atoms with E-state index in [9.17, 15) is 10.1 Å². The Morgan fingerprint density at radius 2 is 1.93 bits per heavy atom. The second-order valence-corrected chi connectivity index (χ2v) is 7.21. The first kappa shape index (κ1) is 19.7. The minimum atomic E-state index is -0.471. The molecule has 0 radical (unpaired) electrons. The number of amides is 1. The van der Waals surface area contributed by atoms with E-state index in [0.29, 0.717) is 17.2 Å². The van der Waals surface area contributed by atoms with Crippen molar-refractivity contribution in [2.75, 3.05) is 5.32 Å². The van der Waals surface area contributed by atoms with E-state index >= 15 is 0 Å². The lowest BCUT2D eigenvalue weighted by molar-refractivity contribution is -0.112. The monoisotopic (exact) mass is 434 g/mol. The van der Waals surface area contributed by atoms with Crippen LogP contribution in [0, 0.1) is 18.3 Å². The van der Waals surface area contributed by atoms with E-state index < -0.39 is 5.91 Å². The van der Waals surface area contributed by atoms with Crippen LogP contribution in [0.15, 0.2) is 69.1 Å². The average molecular weight is 435 g/mol. The molecule has 1 amide bonds. The number of furan rings is 1. The Bertz CT molecular complexity index is 1070. The fourth-order valence-electron chi connectivity index (χ4n) is 2.71. The van der Waals surface area contributed by atoms with E-state index in [2.05, 4.69) is 28.2 Å². The Hall–Kier alpha value is -3.10. The number of nitrogens with one attached hydrogen (secondary N) is 1. The van der Waals surface area contributed by atoms with E-state index in [4.69, 9.17) is 4.42 Å². The molecule has 3 rings (SSSR count). The van der Waals surface area contributed by atoms with Crippen LogP contribution in [-0.2, 0) is 11.2 Å². The van der Waals surface area contributed by atoms with Gasteiger partial charge in [0.1, 0.15) is 23.2 Å². The first-order valence-corrected chi connectivity index (χ1v) is 9.68. The van der Waals surface area contributed by atoms with Crippen LogP contribution < -0.4 is 5.32 Å². The number of anilines is 1. The predicted octanol–water partition coefficient (Wildman–Crippen LogP) is 6.13. The van der Waals surface area contributed by atoms with Crippen molar-refractivity contribution >= 4 is 33.6 Å². The van der Waals surface area contributed by atoms with Crippen LogP contribution in [0.4, 0.5) is 5.69 Å². The van der Waals surface area contributed by atoms with Crippen LogP contribution in [0.3, 0.4) is 0 Å². The smallest absolute Gasteiger partial charge is 0.266 e. The quantitative estimate of drug-likeness (QED) is 0.388. The number of rotatable bonds is 5. The highest BCUT2D eigenvalue weighted by Crippen LogP contribution is 2.31. The summed E-state index contributed by atoms with van der Waals surface area (Å²) in [5.74, 6) is 0.627. The number of aryl methyl sites for hydroxylation is 2. The minimum Gasteiger partial charge on any atom is -0.457 e. The van der Waals surface area contributed by atoms with Gasteiger partial charge in [-0.1, -0.05) is 41.1 Å². The van der Waals surface area contributed by atoms with Crippen molar-refractivity contribution < 1.29 is 9.21 Å². The highest BCUT2D eigenvalue weighted by molar-refractivity contribution is 9.10. The zero-order chi connectivity index (χ0) is 20.1. The summed E-state index contributed by atoms with van der Waals surface area (Å²) < 4.78 is 6.74. The van der Waals surface area contributed by atoms with Crippen LogP contribution in [0.5, 0.6) is 0 Å². The fourth-order valence-corrected chi connectivity index (χ4v) is 3.40. The summed E-state index contributed by atoms with van der Waals surface area (Å²) in [7, 11) is 0. The summed E-state index contributed by atoms with van der Waals surface area (Å²) >= 11 is 3.54. The largest absolute Gasteiger partial charge is 0.457 e. The van der Waals surface area contributed by atoms with Crippen molar-refractivity contribution in [1.29, 1.82) is 5.26 Å². The number of nitriles is 1. The standard InChI is InChI=1S/C23H19BrN2O2/c1-3-16-5-7-18(8-6-16)26-23(27)17(14-25)13-19-9-11-22(28-19)20-10-4-15(2)12-21(20)24/h4-13H,3H2,1-2H3,(H,26,27)/b17-13+. The molecule has 1 N–H and O–H groups in total. The van der Waals surface area contributed by atoms with Crippen LogP contribution in [0.25, 0.3) is 17.4 Å². The molecular formula is C23H19BrN2O2. The number of carbonyl (C=O) groups is 1. The Labute approximate surface area is 172 Å². The number of hydrogen-bond donors (Lipinski definition) is 1. The summed E-state index contributed by atoms with van der Waals surface area (Å²) in [6.07, 6.45) is 2.37. The molecule has 0 unspecified atom stereocenters. The van der Waals surface area contributed by atoms with Gasteiger partial charge < -0.3 is 9.73 Å². The predicted molar refractivity (Wildman–Crippen MR) is 115 cm³/mol. The zero-order valence-electron chi connectivity index (χ0n) is 15.6. The van der Waals surface area contributed by atoms with E-state index in [1.807, 2.05) is 61.5 Å². The summed E-state index contributed by atoms with van der Waals surface area (Å²) in [4.78, 5) is 12.4. The maximum atomic E-state index is 12.4. The highest BCUT2D eigenvalue weighted by Gasteiger charge is 2.12. The first-order valence-electron chi connectivity index (χ1n) is 8.88. The topological polar surface area (TPSA) is 66.0 Å². The molecule has 0 atom stereocenters. The van der Waals surface area contributed by atoms with Gasteiger partial charge in [-0.15, -0.1) is 0 Å². The molecule has 0 spiro atoms. The van der Waals surface area contributed by atoms with E-state index in [1.54, 1.807) is 6.07 Å². The summed E-state index contributed by atoms with van der Waals surface area (Å²) in [6.45, 7) is 4.08. The maximum absolute atomic E-state index is 12.4. The average Bonchev–Trinajstić information content (AvgIpc) is 3.15. The van der Waals surface area contributed by atoms with Gasteiger partial charge in [0.25, 0.3) is 5.91 Å². The lowest BCUT2D eigenvalue weighted by Gasteiger charge is -2.05. The third-order valence-corrected chi connectivity index (χ3v) is 4.94. The van der Waals surface area contributed by atoms with Crippen LogP contribution in [0.2, 0.25) is 0 Å². The molecule has 3 aromatic rings. The van der Waals surface area contributed by atoms with Gasteiger partial charge in [0, 0.05) is 21.8 Å². The molecule has 28 heavy (non-hydrogen) atoms. The van der Waals surface area contributed by atoms with Crippen molar-refractivity contribution in [1.82, 2.24) is 0 Å². The SMILES string of the molecule is CCc1ccc(NC(=O)/C(C#N)=C/c2ccc(-c3ccc(C)cc3Br)o2)cc1. The molecule has 5 heteroatoms. The molecular weight excluding hydrogens is 416 g/mol. The zero-order valence-corrected chi connectivity index (χ0v) is 17.2. The molecule has 0 aliphatic rings. The van der Waals surface area contributed by atoms with Gasteiger partial charge in [0.15, 0.2) is 0 Å². The molecule has 0 aliphatic carbocycles. The maximum Gasteiger partial charge on any atom is 0.266 e. The Kier molecular flexibility index (Phi) is 6.13. The van der Waals surface area contributed by atoms with Gasteiger partial charge in [-0.05, 0) is 60.9 Å². The summed E-state index contributed by atoms with van der Waals surface area (Å²) in [6, 6.07) is 19.0. The third-order valence-electron chi connectivity index (χ3n) is 4.29. The molecule has 1 heterocycles. The van der Waals surface area contributed by atoms with Crippen molar-refractivity contribution in [3.05, 3.63) is 81.5 Å². The fraction of sp³-hybridized carbons (Fsp3) is 0.130. The number of benzene rings is 2. The van der Waals surface area contributed by atoms with Gasteiger partial charge in [-0.25, -0.2) is 0 Å². The number of hydrogen-bond acceptors (Lipinski definition) is 3. The normalized spacial score (nSPS) is 11.1. The third kappa shape index (κ3) is 4.59. The number of nitrogens with zero attached hydrogens (tertiary/aromatic N) is 1. The molecule has 2 aromatic carbocycles. The molecule has 4 nitrogen and oxygen atoms in total. The van der Waals surface area contributed by atoms with Crippen molar-refractivity contribution in [3.8, 4) is 17.4 Å². The van der Waals surface area contributed by atoms with Gasteiger partial charge in [0.05, 0.1) is 0 Å².